The summed E-state index contributed by atoms with van der Waals surface area (Å²) in [5.74, 6) is -0.418. The van der Waals surface area contributed by atoms with Crippen LogP contribution in [0.3, 0.4) is 0 Å². The molecule has 0 unspecified atom stereocenters. The Bertz CT molecular complexity index is 744. The first kappa shape index (κ1) is 15.0. The Kier molecular flexibility index (Phi) is 4.91. The fourth-order valence-corrected chi connectivity index (χ4v) is 2.22. The Morgan fingerprint density at radius 2 is 2.00 bits per heavy atom. The van der Waals surface area contributed by atoms with Crippen molar-refractivity contribution in [1.82, 2.24) is 0 Å². The number of halogens is 1. The van der Waals surface area contributed by atoms with Crippen molar-refractivity contribution in [2.24, 2.45) is 0 Å². The van der Waals surface area contributed by atoms with Crippen molar-refractivity contribution < 1.29 is 4.79 Å². The third-order valence-corrected chi connectivity index (χ3v) is 3.43. The molecule has 1 amide bonds. The topological polar surface area (TPSA) is 52.9 Å². The van der Waals surface area contributed by atoms with Crippen LogP contribution in [0.5, 0.6) is 0 Å². The summed E-state index contributed by atoms with van der Waals surface area (Å²) in [5, 5.41) is 11.9. The number of anilines is 1. The van der Waals surface area contributed by atoms with Gasteiger partial charge in [-0.05, 0) is 42.3 Å². The molecule has 3 nitrogen and oxygen atoms in total. The van der Waals surface area contributed by atoms with Gasteiger partial charge >= 0.3 is 0 Å². The van der Waals surface area contributed by atoms with Gasteiger partial charge in [-0.15, -0.1) is 0 Å². The van der Waals surface area contributed by atoms with Crippen molar-refractivity contribution in [3.8, 4) is 6.07 Å². The van der Waals surface area contributed by atoms with E-state index in [1.54, 1.807) is 18.2 Å². The zero-order valence-electron chi connectivity index (χ0n) is 11.4. The molecular weight excluding hydrogens is 328 g/mol. The number of aryl methyl sites for hydroxylation is 1. The molecule has 0 heterocycles. The number of nitrogens with one attached hydrogen (secondary N) is 1. The van der Waals surface area contributed by atoms with Gasteiger partial charge in [0.25, 0.3) is 5.91 Å². The second-order valence-corrected chi connectivity index (χ2v) is 5.41. The lowest BCUT2D eigenvalue weighted by atomic mass is 10.1. The molecule has 0 fully saturated rings. The van der Waals surface area contributed by atoms with E-state index in [1.807, 2.05) is 49.4 Å². The normalized spacial score (nSPS) is 10.8. The Morgan fingerprint density at radius 3 is 2.67 bits per heavy atom. The van der Waals surface area contributed by atoms with Gasteiger partial charge in [0.1, 0.15) is 11.6 Å². The predicted octanol–water partition coefficient (Wildman–Crippen LogP) is 4.30. The zero-order chi connectivity index (χ0) is 15.2. The average molecular weight is 341 g/mol. The minimum absolute atomic E-state index is 0.0734. The maximum atomic E-state index is 12.2. The summed E-state index contributed by atoms with van der Waals surface area (Å²) in [7, 11) is 0. The molecule has 0 saturated carbocycles. The van der Waals surface area contributed by atoms with Crippen LogP contribution in [0.4, 0.5) is 5.69 Å². The van der Waals surface area contributed by atoms with Crippen LogP contribution >= 0.6 is 15.9 Å². The van der Waals surface area contributed by atoms with Crippen LogP contribution in [0.2, 0.25) is 0 Å². The van der Waals surface area contributed by atoms with Crippen LogP contribution < -0.4 is 5.32 Å². The molecule has 0 atom stereocenters. The van der Waals surface area contributed by atoms with Crippen molar-refractivity contribution in [3.63, 3.8) is 0 Å². The molecule has 1 N–H and O–H groups in total. The molecule has 0 aliphatic heterocycles. The number of nitrogens with zero attached hydrogens (tertiary/aromatic N) is 1. The van der Waals surface area contributed by atoms with Crippen LogP contribution in [0.1, 0.15) is 11.1 Å². The first-order valence-electron chi connectivity index (χ1n) is 6.34. The Morgan fingerprint density at radius 1 is 1.24 bits per heavy atom. The maximum Gasteiger partial charge on any atom is 0.266 e. The first-order chi connectivity index (χ1) is 10.1. The highest BCUT2D eigenvalue weighted by Crippen LogP contribution is 2.17. The molecule has 0 radical (unpaired) electrons. The fourth-order valence-electron chi connectivity index (χ4n) is 1.82. The predicted molar refractivity (Wildman–Crippen MR) is 87.5 cm³/mol. The lowest BCUT2D eigenvalue weighted by Crippen LogP contribution is -2.13. The molecule has 0 spiro atoms. The SMILES string of the molecule is Cc1ccccc1C=C(C#N)C(=O)Nc1cccc(Br)c1. The van der Waals surface area contributed by atoms with E-state index in [4.69, 9.17) is 0 Å². The van der Waals surface area contributed by atoms with Crippen LogP contribution in [0.25, 0.3) is 6.08 Å². The fraction of sp³-hybridized carbons (Fsp3) is 0.0588. The van der Waals surface area contributed by atoms with Crippen molar-refractivity contribution in [1.29, 1.82) is 5.26 Å². The largest absolute Gasteiger partial charge is 0.321 e. The van der Waals surface area contributed by atoms with Gasteiger partial charge in [-0.3, -0.25) is 4.79 Å². The quantitative estimate of drug-likeness (QED) is 0.668. The van der Waals surface area contributed by atoms with Gasteiger partial charge in [-0.2, -0.15) is 5.26 Å². The zero-order valence-corrected chi connectivity index (χ0v) is 13.0. The van der Waals surface area contributed by atoms with Crippen molar-refractivity contribution in [3.05, 3.63) is 69.7 Å². The van der Waals surface area contributed by atoms with E-state index in [0.717, 1.165) is 15.6 Å². The molecular formula is C17H13BrN2O. The van der Waals surface area contributed by atoms with E-state index >= 15 is 0 Å². The summed E-state index contributed by atoms with van der Waals surface area (Å²) in [5.41, 5.74) is 2.59. The molecule has 0 aliphatic carbocycles. The molecule has 0 aromatic heterocycles. The van der Waals surface area contributed by atoms with Gasteiger partial charge in [0, 0.05) is 10.2 Å². The number of carbonyl (C=O) groups is 1. The minimum Gasteiger partial charge on any atom is -0.321 e. The Labute approximate surface area is 132 Å². The van der Waals surface area contributed by atoms with Gasteiger partial charge in [0.2, 0.25) is 0 Å². The molecule has 0 saturated heterocycles. The molecule has 0 bridgehead atoms. The monoisotopic (exact) mass is 340 g/mol. The second-order valence-electron chi connectivity index (χ2n) is 4.49. The Hall–Kier alpha value is -2.38. The van der Waals surface area contributed by atoms with Gasteiger partial charge in [-0.1, -0.05) is 46.3 Å². The number of nitriles is 1. The van der Waals surface area contributed by atoms with Crippen molar-refractivity contribution in [2.45, 2.75) is 6.92 Å². The van der Waals surface area contributed by atoms with Gasteiger partial charge in [0.05, 0.1) is 0 Å². The molecule has 2 rings (SSSR count). The molecule has 104 valence electrons. The standard InChI is InChI=1S/C17H13BrN2O/c1-12-5-2-3-6-13(12)9-14(11-19)17(21)20-16-8-4-7-15(18)10-16/h2-10H,1H3,(H,20,21). The summed E-state index contributed by atoms with van der Waals surface area (Å²) in [6.45, 7) is 1.94. The van der Waals surface area contributed by atoms with E-state index in [1.165, 1.54) is 0 Å². The van der Waals surface area contributed by atoms with E-state index in [9.17, 15) is 10.1 Å². The summed E-state index contributed by atoms with van der Waals surface area (Å²) in [6.07, 6.45) is 1.60. The van der Waals surface area contributed by atoms with Gasteiger partial charge in [-0.25, -0.2) is 0 Å². The molecule has 2 aromatic rings. The molecule has 21 heavy (non-hydrogen) atoms. The lowest BCUT2D eigenvalue weighted by molar-refractivity contribution is -0.112. The van der Waals surface area contributed by atoms with E-state index < -0.39 is 5.91 Å². The van der Waals surface area contributed by atoms with Crippen LogP contribution in [-0.2, 0) is 4.79 Å². The summed E-state index contributed by atoms with van der Waals surface area (Å²) in [4.78, 5) is 12.2. The van der Waals surface area contributed by atoms with E-state index in [0.29, 0.717) is 5.69 Å². The van der Waals surface area contributed by atoms with Crippen molar-refractivity contribution in [2.75, 3.05) is 5.32 Å². The third kappa shape index (κ3) is 4.04. The maximum absolute atomic E-state index is 12.2. The number of benzene rings is 2. The average Bonchev–Trinajstić information content (AvgIpc) is 2.46. The smallest absolute Gasteiger partial charge is 0.266 e. The molecule has 2 aromatic carbocycles. The number of rotatable bonds is 3. The number of carbonyl (C=O) groups excluding carboxylic acids is 1. The first-order valence-corrected chi connectivity index (χ1v) is 7.14. The molecule has 4 heteroatoms. The third-order valence-electron chi connectivity index (χ3n) is 2.94. The van der Waals surface area contributed by atoms with Gasteiger partial charge in [0.15, 0.2) is 0 Å². The van der Waals surface area contributed by atoms with Crippen LogP contribution in [0.15, 0.2) is 58.6 Å². The highest BCUT2D eigenvalue weighted by atomic mass is 79.9. The number of hydrogen-bond donors (Lipinski definition) is 1. The number of hydrogen-bond acceptors (Lipinski definition) is 2. The lowest BCUT2D eigenvalue weighted by Gasteiger charge is -2.05. The summed E-state index contributed by atoms with van der Waals surface area (Å²) in [6, 6.07) is 16.8. The number of amides is 1. The van der Waals surface area contributed by atoms with Crippen molar-refractivity contribution >= 4 is 33.6 Å². The van der Waals surface area contributed by atoms with Crippen LogP contribution in [-0.4, -0.2) is 5.91 Å². The van der Waals surface area contributed by atoms with Gasteiger partial charge < -0.3 is 5.32 Å². The molecule has 0 aliphatic rings. The highest BCUT2D eigenvalue weighted by Gasteiger charge is 2.10. The summed E-state index contributed by atoms with van der Waals surface area (Å²) < 4.78 is 0.863. The Balaban J connectivity index is 2.24. The highest BCUT2D eigenvalue weighted by molar-refractivity contribution is 9.10. The second kappa shape index (κ2) is 6.87. The van der Waals surface area contributed by atoms with E-state index in [-0.39, 0.29) is 5.57 Å². The van der Waals surface area contributed by atoms with Crippen LogP contribution in [0, 0.1) is 18.3 Å². The van der Waals surface area contributed by atoms with E-state index in [2.05, 4.69) is 21.2 Å². The summed E-state index contributed by atoms with van der Waals surface area (Å²) >= 11 is 3.34. The minimum atomic E-state index is -0.418.